The second kappa shape index (κ2) is 6.53. The van der Waals surface area contributed by atoms with Crippen molar-refractivity contribution in [3.05, 3.63) is 34.9 Å². The van der Waals surface area contributed by atoms with Crippen LogP contribution in [0.5, 0.6) is 0 Å². The molecule has 0 radical (unpaired) electrons. The second-order valence-corrected chi connectivity index (χ2v) is 5.98. The van der Waals surface area contributed by atoms with E-state index in [0.717, 1.165) is 13.1 Å². The Morgan fingerprint density at radius 2 is 1.89 bits per heavy atom. The number of nitrogens with one attached hydrogen (secondary N) is 1. The molecule has 2 heteroatoms. The van der Waals surface area contributed by atoms with Gasteiger partial charge in [0.05, 0.1) is 0 Å². The van der Waals surface area contributed by atoms with Gasteiger partial charge in [-0.25, -0.2) is 0 Å². The number of aryl methyl sites for hydroxylation is 1. The standard InChI is InChI=1S/C17H28N2/c1-5-17(19-10-8-18-9-11-19)16-12-15(13(2)3)7-6-14(16)4/h6-7,12-13,17-18H,5,8-11H2,1-4H3. The highest BCUT2D eigenvalue weighted by atomic mass is 15.2. The summed E-state index contributed by atoms with van der Waals surface area (Å²) >= 11 is 0. The van der Waals surface area contributed by atoms with Crippen molar-refractivity contribution in [2.24, 2.45) is 0 Å². The van der Waals surface area contributed by atoms with E-state index in [9.17, 15) is 0 Å². The molecule has 0 amide bonds. The fourth-order valence-electron chi connectivity index (χ4n) is 3.05. The van der Waals surface area contributed by atoms with Crippen molar-refractivity contribution >= 4 is 0 Å². The first-order valence-corrected chi connectivity index (χ1v) is 7.68. The van der Waals surface area contributed by atoms with Crippen LogP contribution in [0.25, 0.3) is 0 Å². The summed E-state index contributed by atoms with van der Waals surface area (Å²) in [5, 5.41) is 3.45. The van der Waals surface area contributed by atoms with E-state index >= 15 is 0 Å². The molecule has 1 aromatic rings. The predicted octanol–water partition coefficient (Wildman–Crippen LogP) is 3.47. The van der Waals surface area contributed by atoms with E-state index in [2.05, 4.69) is 56.1 Å². The zero-order valence-corrected chi connectivity index (χ0v) is 12.9. The average Bonchev–Trinajstić information content (AvgIpc) is 2.42. The van der Waals surface area contributed by atoms with Crippen molar-refractivity contribution < 1.29 is 0 Å². The molecule has 1 saturated heterocycles. The fourth-order valence-corrected chi connectivity index (χ4v) is 3.05. The smallest absolute Gasteiger partial charge is 0.0349 e. The Hall–Kier alpha value is -0.860. The highest BCUT2D eigenvalue weighted by molar-refractivity contribution is 5.35. The molecule has 19 heavy (non-hydrogen) atoms. The van der Waals surface area contributed by atoms with Gasteiger partial charge in [0, 0.05) is 32.2 Å². The zero-order chi connectivity index (χ0) is 13.8. The van der Waals surface area contributed by atoms with Crippen LogP contribution in [0.2, 0.25) is 0 Å². The highest BCUT2D eigenvalue weighted by Crippen LogP contribution is 2.29. The van der Waals surface area contributed by atoms with Crippen molar-refractivity contribution in [3.63, 3.8) is 0 Å². The lowest BCUT2D eigenvalue weighted by molar-refractivity contribution is 0.169. The molecule has 2 nitrogen and oxygen atoms in total. The first-order valence-electron chi connectivity index (χ1n) is 7.68. The van der Waals surface area contributed by atoms with Crippen molar-refractivity contribution in [2.75, 3.05) is 26.2 Å². The van der Waals surface area contributed by atoms with Gasteiger partial charge in [-0.1, -0.05) is 39.0 Å². The zero-order valence-electron chi connectivity index (χ0n) is 12.9. The molecule has 1 unspecified atom stereocenters. The Morgan fingerprint density at radius 1 is 1.21 bits per heavy atom. The Balaban J connectivity index is 2.28. The Labute approximate surface area is 118 Å². The number of piperazine rings is 1. The summed E-state index contributed by atoms with van der Waals surface area (Å²) < 4.78 is 0. The van der Waals surface area contributed by atoms with Gasteiger partial charge in [0.25, 0.3) is 0 Å². The number of rotatable bonds is 4. The van der Waals surface area contributed by atoms with Gasteiger partial charge < -0.3 is 5.32 Å². The summed E-state index contributed by atoms with van der Waals surface area (Å²) in [5.41, 5.74) is 4.44. The van der Waals surface area contributed by atoms with Crippen LogP contribution in [0.4, 0.5) is 0 Å². The molecule has 0 saturated carbocycles. The van der Waals surface area contributed by atoms with Crippen LogP contribution < -0.4 is 5.32 Å². The quantitative estimate of drug-likeness (QED) is 0.891. The van der Waals surface area contributed by atoms with Gasteiger partial charge in [-0.15, -0.1) is 0 Å². The molecule has 2 rings (SSSR count). The molecule has 0 bridgehead atoms. The summed E-state index contributed by atoms with van der Waals surface area (Å²) in [6.07, 6.45) is 1.20. The second-order valence-electron chi connectivity index (χ2n) is 5.98. The van der Waals surface area contributed by atoms with Gasteiger partial charge in [0.15, 0.2) is 0 Å². The third-order valence-electron chi connectivity index (χ3n) is 4.31. The van der Waals surface area contributed by atoms with Crippen LogP contribution in [0, 0.1) is 6.92 Å². The van der Waals surface area contributed by atoms with E-state index in [4.69, 9.17) is 0 Å². The molecular formula is C17H28N2. The lowest BCUT2D eigenvalue weighted by atomic mass is 9.92. The van der Waals surface area contributed by atoms with Crippen LogP contribution >= 0.6 is 0 Å². The molecule has 1 aliphatic heterocycles. The van der Waals surface area contributed by atoms with Crippen LogP contribution in [0.15, 0.2) is 18.2 Å². The van der Waals surface area contributed by atoms with E-state index < -0.39 is 0 Å². The van der Waals surface area contributed by atoms with Gasteiger partial charge >= 0.3 is 0 Å². The SMILES string of the molecule is CCC(c1cc(C(C)C)ccc1C)N1CCNCC1. The van der Waals surface area contributed by atoms with Crippen molar-refractivity contribution in [1.29, 1.82) is 0 Å². The lowest BCUT2D eigenvalue weighted by Gasteiger charge is -2.35. The maximum absolute atomic E-state index is 3.45. The monoisotopic (exact) mass is 260 g/mol. The number of benzene rings is 1. The molecule has 0 aromatic heterocycles. The molecule has 1 aliphatic rings. The van der Waals surface area contributed by atoms with E-state index in [1.807, 2.05) is 0 Å². The molecule has 0 aliphatic carbocycles. The summed E-state index contributed by atoms with van der Waals surface area (Å²) in [7, 11) is 0. The third-order valence-corrected chi connectivity index (χ3v) is 4.31. The van der Waals surface area contributed by atoms with Gasteiger partial charge in [0.1, 0.15) is 0 Å². The Morgan fingerprint density at radius 3 is 2.47 bits per heavy atom. The molecule has 1 atom stereocenters. The Kier molecular flexibility index (Phi) is 5.00. The minimum atomic E-state index is 0.584. The molecule has 1 N–H and O–H groups in total. The Bertz CT molecular complexity index is 406. The summed E-state index contributed by atoms with van der Waals surface area (Å²) in [6, 6.07) is 7.61. The fraction of sp³-hybridized carbons (Fsp3) is 0.647. The van der Waals surface area contributed by atoms with Crippen LogP contribution in [0.3, 0.4) is 0 Å². The normalized spacial score (nSPS) is 18.8. The predicted molar refractivity (Wildman–Crippen MR) is 82.7 cm³/mol. The summed E-state index contributed by atoms with van der Waals surface area (Å²) in [6.45, 7) is 13.7. The molecule has 106 valence electrons. The maximum atomic E-state index is 3.45. The molecule has 1 heterocycles. The minimum Gasteiger partial charge on any atom is -0.314 e. The lowest BCUT2D eigenvalue weighted by Crippen LogP contribution is -2.45. The largest absolute Gasteiger partial charge is 0.314 e. The average molecular weight is 260 g/mol. The van der Waals surface area contributed by atoms with E-state index in [1.54, 1.807) is 0 Å². The number of nitrogens with zero attached hydrogens (tertiary/aromatic N) is 1. The maximum Gasteiger partial charge on any atom is 0.0349 e. The summed E-state index contributed by atoms with van der Waals surface area (Å²) in [5.74, 6) is 0.611. The first-order chi connectivity index (χ1) is 9.13. The topological polar surface area (TPSA) is 15.3 Å². The first kappa shape index (κ1) is 14.5. The number of hydrogen-bond donors (Lipinski definition) is 1. The van der Waals surface area contributed by atoms with E-state index in [1.165, 1.54) is 36.2 Å². The van der Waals surface area contributed by atoms with Crippen LogP contribution in [-0.4, -0.2) is 31.1 Å². The van der Waals surface area contributed by atoms with Crippen LogP contribution in [0.1, 0.15) is 55.8 Å². The van der Waals surface area contributed by atoms with Crippen molar-refractivity contribution in [1.82, 2.24) is 10.2 Å². The van der Waals surface area contributed by atoms with Gasteiger partial charge in [0.2, 0.25) is 0 Å². The third kappa shape index (κ3) is 3.37. The van der Waals surface area contributed by atoms with Crippen molar-refractivity contribution in [3.8, 4) is 0 Å². The molecule has 1 fully saturated rings. The highest BCUT2D eigenvalue weighted by Gasteiger charge is 2.22. The summed E-state index contributed by atoms with van der Waals surface area (Å²) in [4.78, 5) is 2.64. The molecule has 0 spiro atoms. The van der Waals surface area contributed by atoms with E-state index in [-0.39, 0.29) is 0 Å². The van der Waals surface area contributed by atoms with Gasteiger partial charge in [-0.3, -0.25) is 4.90 Å². The van der Waals surface area contributed by atoms with Crippen molar-refractivity contribution in [2.45, 2.75) is 46.1 Å². The van der Waals surface area contributed by atoms with Gasteiger partial charge in [-0.2, -0.15) is 0 Å². The molecule has 1 aromatic carbocycles. The van der Waals surface area contributed by atoms with Crippen LogP contribution in [-0.2, 0) is 0 Å². The van der Waals surface area contributed by atoms with Gasteiger partial charge in [-0.05, 0) is 36.0 Å². The molecular weight excluding hydrogens is 232 g/mol. The van der Waals surface area contributed by atoms with E-state index in [0.29, 0.717) is 12.0 Å². The number of hydrogen-bond acceptors (Lipinski definition) is 2. The minimum absolute atomic E-state index is 0.584.